The number of methoxy groups -OCH3 is 1. The number of carbonyl (C=O) groups excluding carboxylic acids is 1. The molecular formula is C10H15N3O2. The van der Waals surface area contributed by atoms with Crippen molar-refractivity contribution in [2.24, 2.45) is 16.1 Å². The molecule has 2 rings (SSSR count). The van der Waals surface area contributed by atoms with E-state index in [9.17, 15) is 4.79 Å². The number of likely N-dealkylation sites (tertiary alicyclic amines) is 1. The zero-order valence-corrected chi connectivity index (χ0v) is 8.85. The van der Waals surface area contributed by atoms with Crippen LogP contribution in [0.3, 0.4) is 0 Å². The molecule has 5 heteroatoms. The highest BCUT2D eigenvalue weighted by atomic mass is 16.5. The normalized spacial score (nSPS) is 25.8. The van der Waals surface area contributed by atoms with E-state index in [1.807, 2.05) is 0 Å². The molecule has 0 saturated carbocycles. The first kappa shape index (κ1) is 10.4. The molecule has 0 amide bonds. The summed E-state index contributed by atoms with van der Waals surface area (Å²) in [5, 5.41) is 7.95. The largest absolute Gasteiger partial charge is 0.383 e. The first-order chi connectivity index (χ1) is 7.35. The maximum absolute atomic E-state index is 10.7. The number of aldehydes is 1. The maximum atomic E-state index is 10.7. The van der Waals surface area contributed by atoms with Crippen molar-refractivity contribution >= 4 is 17.7 Å². The summed E-state index contributed by atoms with van der Waals surface area (Å²) < 4.78 is 5.03. The Hall–Kier alpha value is -1.07. The Labute approximate surface area is 88.8 Å². The topological polar surface area (TPSA) is 54.3 Å². The summed E-state index contributed by atoms with van der Waals surface area (Å²) in [5.74, 6) is 0.182. The first-order valence-electron chi connectivity index (χ1n) is 5.16. The lowest BCUT2D eigenvalue weighted by atomic mass is 9.91. The Morgan fingerprint density at radius 3 is 3.20 bits per heavy atom. The molecule has 0 spiro atoms. The molecule has 1 atom stereocenters. The van der Waals surface area contributed by atoms with Gasteiger partial charge in [-0.3, -0.25) is 9.69 Å². The summed E-state index contributed by atoms with van der Waals surface area (Å²) in [6, 6.07) is 0. The van der Waals surface area contributed by atoms with Gasteiger partial charge in [0.25, 0.3) is 0 Å². The van der Waals surface area contributed by atoms with Crippen molar-refractivity contribution in [3.8, 4) is 0 Å². The van der Waals surface area contributed by atoms with Crippen LogP contribution < -0.4 is 0 Å². The van der Waals surface area contributed by atoms with Crippen LogP contribution in [0.2, 0.25) is 0 Å². The Morgan fingerprint density at radius 1 is 1.60 bits per heavy atom. The van der Waals surface area contributed by atoms with E-state index in [2.05, 4.69) is 15.1 Å². The monoisotopic (exact) mass is 209 g/mol. The smallest absolute Gasteiger partial charge is 0.166 e. The first-order valence-corrected chi connectivity index (χ1v) is 5.16. The number of piperidine rings is 1. The van der Waals surface area contributed by atoms with E-state index in [-0.39, 0.29) is 5.92 Å². The zero-order valence-electron chi connectivity index (χ0n) is 8.85. The number of hydrogen-bond acceptors (Lipinski definition) is 5. The average Bonchev–Trinajstić information content (AvgIpc) is 2.68. The van der Waals surface area contributed by atoms with Crippen LogP contribution in [0.4, 0.5) is 0 Å². The van der Waals surface area contributed by atoms with Gasteiger partial charge >= 0.3 is 0 Å². The molecule has 0 aliphatic carbocycles. The number of hydrogen-bond donors (Lipinski definition) is 0. The van der Waals surface area contributed by atoms with E-state index in [1.54, 1.807) is 7.11 Å². The molecule has 0 aromatic rings. The highest BCUT2D eigenvalue weighted by Gasteiger charge is 2.32. The second-order valence-electron chi connectivity index (χ2n) is 3.84. The summed E-state index contributed by atoms with van der Waals surface area (Å²) in [5.41, 5.74) is 1.62. The standard InChI is InChI=1S/C10H15N3O2/c1-15-5-4-13-3-2-8-9(6-13)11-12-10(8)7-14/h7-8H,2-6H2,1H3. The highest BCUT2D eigenvalue weighted by molar-refractivity contribution is 6.36. The van der Waals surface area contributed by atoms with Gasteiger partial charge in [0.05, 0.1) is 12.3 Å². The zero-order chi connectivity index (χ0) is 10.7. The summed E-state index contributed by atoms with van der Waals surface area (Å²) in [6.45, 7) is 3.45. The Bertz CT molecular complexity index is 312. The quantitative estimate of drug-likeness (QED) is 0.611. The average molecular weight is 209 g/mol. The molecule has 0 radical (unpaired) electrons. The summed E-state index contributed by atoms with van der Waals surface area (Å²) >= 11 is 0. The van der Waals surface area contributed by atoms with Gasteiger partial charge in [-0.1, -0.05) is 0 Å². The van der Waals surface area contributed by atoms with Crippen molar-refractivity contribution in [3.63, 3.8) is 0 Å². The summed E-state index contributed by atoms with van der Waals surface area (Å²) in [7, 11) is 1.70. The van der Waals surface area contributed by atoms with Crippen molar-refractivity contribution in [1.29, 1.82) is 0 Å². The molecule has 0 aromatic heterocycles. The van der Waals surface area contributed by atoms with E-state index in [0.29, 0.717) is 5.71 Å². The van der Waals surface area contributed by atoms with E-state index >= 15 is 0 Å². The van der Waals surface area contributed by atoms with Crippen LogP contribution in [0.5, 0.6) is 0 Å². The fraction of sp³-hybridized carbons (Fsp3) is 0.700. The lowest BCUT2D eigenvalue weighted by Gasteiger charge is -2.29. The number of carbonyl (C=O) groups is 1. The van der Waals surface area contributed by atoms with Crippen LogP contribution >= 0.6 is 0 Å². The van der Waals surface area contributed by atoms with Gasteiger partial charge in [0.2, 0.25) is 0 Å². The van der Waals surface area contributed by atoms with Crippen molar-refractivity contribution in [1.82, 2.24) is 4.90 Å². The minimum atomic E-state index is 0.182. The molecular weight excluding hydrogens is 194 g/mol. The molecule has 15 heavy (non-hydrogen) atoms. The molecule has 1 unspecified atom stereocenters. The fourth-order valence-corrected chi connectivity index (χ4v) is 2.03. The molecule has 0 aromatic carbocycles. The third-order valence-electron chi connectivity index (χ3n) is 2.91. The van der Waals surface area contributed by atoms with Crippen LogP contribution in [-0.4, -0.2) is 56.0 Å². The molecule has 2 heterocycles. The van der Waals surface area contributed by atoms with Crippen LogP contribution in [0, 0.1) is 5.92 Å². The molecule has 82 valence electrons. The second kappa shape index (κ2) is 4.63. The number of ether oxygens (including phenoxy) is 1. The summed E-state index contributed by atoms with van der Waals surface area (Å²) in [4.78, 5) is 13.0. The van der Waals surface area contributed by atoms with E-state index in [1.165, 1.54) is 0 Å². The number of fused-ring (bicyclic) bond motifs is 1. The minimum absolute atomic E-state index is 0.182. The predicted octanol–water partition coefficient (Wildman–Crippen LogP) is -0.0358. The van der Waals surface area contributed by atoms with Gasteiger partial charge in [-0.2, -0.15) is 10.2 Å². The van der Waals surface area contributed by atoms with Crippen molar-refractivity contribution in [3.05, 3.63) is 0 Å². The molecule has 1 fully saturated rings. The van der Waals surface area contributed by atoms with Crippen LogP contribution in [-0.2, 0) is 9.53 Å². The number of nitrogens with zero attached hydrogens (tertiary/aromatic N) is 3. The van der Waals surface area contributed by atoms with E-state index in [4.69, 9.17) is 4.74 Å². The van der Waals surface area contributed by atoms with Gasteiger partial charge in [0.1, 0.15) is 5.71 Å². The third-order valence-corrected chi connectivity index (χ3v) is 2.91. The van der Waals surface area contributed by atoms with E-state index < -0.39 is 0 Å². The molecule has 5 nitrogen and oxygen atoms in total. The van der Waals surface area contributed by atoms with Gasteiger partial charge < -0.3 is 4.74 Å². The molecule has 2 aliphatic rings. The molecule has 0 N–H and O–H groups in total. The molecule has 2 aliphatic heterocycles. The highest BCUT2D eigenvalue weighted by Crippen LogP contribution is 2.20. The van der Waals surface area contributed by atoms with Crippen molar-refractivity contribution in [2.45, 2.75) is 6.42 Å². The molecule has 1 saturated heterocycles. The van der Waals surface area contributed by atoms with Crippen molar-refractivity contribution in [2.75, 3.05) is 33.4 Å². The fourth-order valence-electron chi connectivity index (χ4n) is 2.03. The number of rotatable bonds is 4. The van der Waals surface area contributed by atoms with Gasteiger partial charge in [-0.15, -0.1) is 0 Å². The van der Waals surface area contributed by atoms with E-state index in [0.717, 1.165) is 44.7 Å². The summed E-state index contributed by atoms with van der Waals surface area (Å²) in [6.07, 6.45) is 1.77. The van der Waals surface area contributed by atoms with Gasteiger partial charge in [0.15, 0.2) is 6.29 Å². The van der Waals surface area contributed by atoms with Crippen molar-refractivity contribution < 1.29 is 9.53 Å². The minimum Gasteiger partial charge on any atom is -0.383 e. The van der Waals surface area contributed by atoms with Gasteiger partial charge in [-0.25, -0.2) is 0 Å². The molecule has 0 bridgehead atoms. The third kappa shape index (κ3) is 2.13. The Morgan fingerprint density at radius 2 is 2.47 bits per heavy atom. The van der Waals surface area contributed by atoms with Crippen LogP contribution in [0.15, 0.2) is 10.2 Å². The van der Waals surface area contributed by atoms with Crippen LogP contribution in [0.1, 0.15) is 6.42 Å². The second-order valence-corrected chi connectivity index (χ2v) is 3.84. The lowest BCUT2D eigenvalue weighted by Crippen LogP contribution is -2.43. The lowest BCUT2D eigenvalue weighted by molar-refractivity contribution is -0.102. The SMILES string of the molecule is COCCN1CCC2C(C=O)=NN=C2C1. The van der Waals surface area contributed by atoms with Crippen LogP contribution in [0.25, 0.3) is 0 Å². The Balaban J connectivity index is 1.91. The Kier molecular flexibility index (Phi) is 3.23. The van der Waals surface area contributed by atoms with Gasteiger partial charge in [-0.05, 0) is 13.0 Å². The predicted molar refractivity (Wildman–Crippen MR) is 57.4 cm³/mol. The maximum Gasteiger partial charge on any atom is 0.166 e. The van der Waals surface area contributed by atoms with Gasteiger partial charge in [0, 0.05) is 26.1 Å².